The van der Waals surface area contributed by atoms with E-state index in [0.29, 0.717) is 6.54 Å². The van der Waals surface area contributed by atoms with Crippen molar-refractivity contribution >= 4 is 0 Å². The van der Waals surface area contributed by atoms with Crippen LogP contribution >= 0.6 is 0 Å². The van der Waals surface area contributed by atoms with Crippen molar-refractivity contribution in [3.05, 3.63) is 41.3 Å². The lowest BCUT2D eigenvalue weighted by molar-refractivity contribution is 0.937. The largest absolute Gasteiger partial charge is 0.348 e. The number of aromatic amines is 1. The second-order valence-corrected chi connectivity index (χ2v) is 4.07. The Balaban J connectivity index is 2.42. The summed E-state index contributed by atoms with van der Waals surface area (Å²) in [6.45, 7) is 4.87. The van der Waals surface area contributed by atoms with Gasteiger partial charge in [-0.1, -0.05) is 12.1 Å². The van der Waals surface area contributed by atoms with Crippen LogP contribution in [0.15, 0.2) is 24.5 Å². The van der Waals surface area contributed by atoms with Crippen LogP contribution in [0.1, 0.15) is 16.8 Å². The number of aromatic nitrogens is 2. The summed E-state index contributed by atoms with van der Waals surface area (Å²) in [6, 6.07) is 6.41. The molecular formula is C13H17N3. The van der Waals surface area contributed by atoms with Gasteiger partial charge in [0.25, 0.3) is 0 Å². The Bertz CT molecular complexity index is 486. The Morgan fingerprint density at radius 2 is 2.06 bits per heavy atom. The number of nitrogens with zero attached hydrogens (tertiary/aromatic N) is 1. The normalized spacial score (nSPS) is 10.7. The third-order valence-electron chi connectivity index (χ3n) is 2.89. The lowest BCUT2D eigenvalue weighted by atomic mass is 10.0. The zero-order chi connectivity index (χ0) is 11.5. The van der Waals surface area contributed by atoms with E-state index in [4.69, 9.17) is 5.73 Å². The van der Waals surface area contributed by atoms with Gasteiger partial charge >= 0.3 is 0 Å². The van der Waals surface area contributed by atoms with Crippen LogP contribution in [0.5, 0.6) is 0 Å². The van der Waals surface area contributed by atoms with Gasteiger partial charge in [0.1, 0.15) is 0 Å². The molecule has 1 aromatic carbocycles. The fourth-order valence-electron chi connectivity index (χ4n) is 1.79. The summed E-state index contributed by atoms with van der Waals surface area (Å²) < 4.78 is 0. The molecule has 0 aliphatic rings. The van der Waals surface area contributed by atoms with E-state index < -0.39 is 0 Å². The minimum Gasteiger partial charge on any atom is -0.348 e. The minimum absolute atomic E-state index is 0.639. The third kappa shape index (κ3) is 1.99. The van der Waals surface area contributed by atoms with E-state index in [9.17, 15) is 0 Å². The number of nitrogens with one attached hydrogen (secondary N) is 1. The molecule has 0 bridgehead atoms. The van der Waals surface area contributed by atoms with Gasteiger partial charge in [-0.15, -0.1) is 0 Å². The number of imidazole rings is 1. The number of hydrogen-bond donors (Lipinski definition) is 2. The summed E-state index contributed by atoms with van der Waals surface area (Å²) in [5.41, 5.74) is 11.5. The molecule has 0 aliphatic carbocycles. The lowest BCUT2D eigenvalue weighted by Gasteiger charge is -2.05. The highest BCUT2D eigenvalue weighted by Crippen LogP contribution is 2.23. The van der Waals surface area contributed by atoms with Crippen LogP contribution in [0.2, 0.25) is 0 Å². The predicted octanol–water partition coefficient (Wildman–Crippen LogP) is 2.19. The van der Waals surface area contributed by atoms with Gasteiger partial charge < -0.3 is 10.7 Å². The molecule has 0 saturated carbocycles. The summed E-state index contributed by atoms with van der Waals surface area (Å²) >= 11 is 0. The first-order valence-corrected chi connectivity index (χ1v) is 5.52. The van der Waals surface area contributed by atoms with Crippen LogP contribution in [0.4, 0.5) is 0 Å². The molecule has 0 fully saturated rings. The second kappa shape index (κ2) is 4.49. The Morgan fingerprint density at radius 1 is 1.25 bits per heavy atom. The summed E-state index contributed by atoms with van der Waals surface area (Å²) in [6.07, 6.45) is 2.57. The number of nitrogens with two attached hydrogens (primary N) is 1. The van der Waals surface area contributed by atoms with E-state index in [1.165, 1.54) is 11.1 Å². The maximum Gasteiger partial charge on any atom is 0.0929 e. The van der Waals surface area contributed by atoms with Crippen molar-refractivity contribution < 1.29 is 0 Å². The average molecular weight is 215 g/mol. The summed E-state index contributed by atoms with van der Waals surface area (Å²) in [4.78, 5) is 7.51. The van der Waals surface area contributed by atoms with E-state index in [2.05, 4.69) is 42.0 Å². The van der Waals surface area contributed by atoms with Crippen molar-refractivity contribution in [2.75, 3.05) is 6.54 Å². The maximum absolute atomic E-state index is 5.57. The van der Waals surface area contributed by atoms with E-state index >= 15 is 0 Å². The molecule has 84 valence electrons. The fourth-order valence-corrected chi connectivity index (χ4v) is 1.79. The molecule has 16 heavy (non-hydrogen) atoms. The number of H-pyrrole nitrogens is 1. The van der Waals surface area contributed by atoms with Crippen LogP contribution in [0, 0.1) is 13.8 Å². The van der Waals surface area contributed by atoms with Crippen molar-refractivity contribution in [3.8, 4) is 11.3 Å². The molecule has 0 spiro atoms. The van der Waals surface area contributed by atoms with Crippen molar-refractivity contribution in [1.29, 1.82) is 0 Å². The number of aryl methyl sites for hydroxylation is 2. The Kier molecular flexibility index (Phi) is 3.06. The van der Waals surface area contributed by atoms with Gasteiger partial charge in [-0.25, -0.2) is 4.98 Å². The van der Waals surface area contributed by atoms with E-state index in [-0.39, 0.29) is 0 Å². The van der Waals surface area contributed by atoms with Gasteiger partial charge in [0.2, 0.25) is 0 Å². The van der Waals surface area contributed by atoms with Crippen LogP contribution in [0.25, 0.3) is 11.3 Å². The zero-order valence-electron chi connectivity index (χ0n) is 9.75. The van der Waals surface area contributed by atoms with Gasteiger partial charge in [-0.3, -0.25) is 0 Å². The van der Waals surface area contributed by atoms with Crippen LogP contribution in [-0.4, -0.2) is 16.5 Å². The number of hydrogen-bond acceptors (Lipinski definition) is 2. The van der Waals surface area contributed by atoms with Gasteiger partial charge in [0.15, 0.2) is 0 Å². The van der Waals surface area contributed by atoms with Gasteiger partial charge in [-0.05, 0) is 37.6 Å². The van der Waals surface area contributed by atoms with Crippen LogP contribution in [0.3, 0.4) is 0 Å². The summed E-state index contributed by atoms with van der Waals surface area (Å²) in [7, 11) is 0. The van der Waals surface area contributed by atoms with Crippen molar-refractivity contribution in [3.63, 3.8) is 0 Å². The van der Waals surface area contributed by atoms with E-state index in [0.717, 1.165) is 23.4 Å². The minimum atomic E-state index is 0.639. The fraction of sp³-hybridized carbons (Fsp3) is 0.308. The van der Waals surface area contributed by atoms with Crippen molar-refractivity contribution in [1.82, 2.24) is 9.97 Å². The molecule has 0 unspecified atom stereocenters. The molecule has 3 nitrogen and oxygen atoms in total. The van der Waals surface area contributed by atoms with Gasteiger partial charge in [0.05, 0.1) is 12.0 Å². The number of rotatable bonds is 3. The summed E-state index contributed by atoms with van der Waals surface area (Å²) in [5.74, 6) is 0. The molecule has 0 amide bonds. The highest BCUT2D eigenvalue weighted by Gasteiger charge is 2.07. The highest BCUT2D eigenvalue weighted by molar-refractivity contribution is 5.63. The molecule has 0 radical (unpaired) electrons. The van der Waals surface area contributed by atoms with E-state index in [1.807, 2.05) is 0 Å². The topological polar surface area (TPSA) is 54.7 Å². The standard InChI is InChI=1S/C13H17N3/c1-9-3-4-11(7-10(9)2)13-12(5-6-14)15-8-16-13/h3-4,7-8H,5-6,14H2,1-2H3,(H,15,16). The SMILES string of the molecule is Cc1ccc(-c2nc[nH]c2CCN)cc1C. The highest BCUT2D eigenvalue weighted by atomic mass is 14.9. The Morgan fingerprint density at radius 3 is 2.75 bits per heavy atom. The first kappa shape index (κ1) is 10.9. The van der Waals surface area contributed by atoms with Gasteiger partial charge in [-0.2, -0.15) is 0 Å². The summed E-state index contributed by atoms with van der Waals surface area (Å²) in [5, 5.41) is 0. The first-order chi connectivity index (χ1) is 7.72. The molecule has 2 aromatic rings. The Labute approximate surface area is 95.7 Å². The smallest absolute Gasteiger partial charge is 0.0929 e. The maximum atomic E-state index is 5.57. The number of benzene rings is 1. The molecular weight excluding hydrogens is 198 g/mol. The molecule has 0 saturated heterocycles. The van der Waals surface area contributed by atoms with Crippen molar-refractivity contribution in [2.24, 2.45) is 5.73 Å². The monoisotopic (exact) mass is 215 g/mol. The molecule has 3 heteroatoms. The van der Waals surface area contributed by atoms with Crippen LogP contribution < -0.4 is 5.73 Å². The predicted molar refractivity (Wildman–Crippen MR) is 66.3 cm³/mol. The third-order valence-corrected chi connectivity index (χ3v) is 2.89. The molecule has 0 atom stereocenters. The molecule has 3 N–H and O–H groups in total. The first-order valence-electron chi connectivity index (χ1n) is 5.52. The molecule has 1 heterocycles. The lowest BCUT2D eigenvalue weighted by Crippen LogP contribution is -2.04. The van der Waals surface area contributed by atoms with E-state index in [1.54, 1.807) is 6.33 Å². The molecule has 1 aromatic heterocycles. The van der Waals surface area contributed by atoms with Gasteiger partial charge in [0, 0.05) is 17.7 Å². The second-order valence-electron chi connectivity index (χ2n) is 4.07. The molecule has 0 aliphatic heterocycles. The van der Waals surface area contributed by atoms with Crippen LogP contribution in [-0.2, 0) is 6.42 Å². The quantitative estimate of drug-likeness (QED) is 0.824. The molecule has 2 rings (SSSR count). The van der Waals surface area contributed by atoms with Crippen molar-refractivity contribution in [2.45, 2.75) is 20.3 Å². The zero-order valence-corrected chi connectivity index (χ0v) is 9.75. The Hall–Kier alpha value is -1.61. The average Bonchev–Trinajstić information content (AvgIpc) is 2.71.